The molecule has 16 heavy (non-hydrogen) atoms. The van der Waals surface area contributed by atoms with E-state index < -0.39 is 5.97 Å². The summed E-state index contributed by atoms with van der Waals surface area (Å²) in [6.45, 7) is 0. The van der Waals surface area contributed by atoms with Crippen molar-refractivity contribution in [1.82, 2.24) is 9.97 Å². The van der Waals surface area contributed by atoms with Gasteiger partial charge in [-0.15, -0.1) is 0 Å². The van der Waals surface area contributed by atoms with Gasteiger partial charge in [-0.3, -0.25) is 0 Å². The van der Waals surface area contributed by atoms with Gasteiger partial charge in [-0.2, -0.15) is 0 Å². The van der Waals surface area contributed by atoms with Crippen LogP contribution in [0.5, 0.6) is 5.75 Å². The monoisotopic (exact) mass is 221 g/mol. The average Bonchev–Trinajstić information content (AvgIpc) is 2.30. The van der Waals surface area contributed by atoms with Crippen molar-refractivity contribution in [2.45, 2.75) is 38.0 Å². The first-order chi connectivity index (χ1) is 7.70. The fraction of sp³-hybridized carbons (Fsp3) is 0.545. The second kappa shape index (κ2) is 4.47. The molecule has 2 N–H and O–H groups in total. The largest absolute Gasteiger partial charge is 0.504 e. The van der Waals surface area contributed by atoms with Crippen molar-refractivity contribution < 1.29 is 15.0 Å². The van der Waals surface area contributed by atoms with E-state index in [4.69, 9.17) is 5.11 Å². The van der Waals surface area contributed by atoms with Crippen LogP contribution in [-0.2, 0) is 0 Å². The minimum Gasteiger partial charge on any atom is -0.504 e. The minimum atomic E-state index is -1.24. The van der Waals surface area contributed by atoms with E-state index in [1.165, 1.54) is 6.42 Å². The molecule has 1 radical (unpaired) electrons. The number of nitrogens with zero attached hydrogens (tertiary/aromatic N) is 2. The van der Waals surface area contributed by atoms with E-state index >= 15 is 0 Å². The second-order valence-electron chi connectivity index (χ2n) is 4.05. The first kappa shape index (κ1) is 10.9. The topological polar surface area (TPSA) is 83.3 Å². The fourth-order valence-electron chi connectivity index (χ4n) is 2.17. The van der Waals surface area contributed by atoms with Crippen molar-refractivity contribution in [1.29, 1.82) is 0 Å². The molecule has 85 valence electrons. The lowest BCUT2D eigenvalue weighted by Crippen LogP contribution is -2.10. The molecule has 1 aromatic heterocycles. The first-order valence-corrected chi connectivity index (χ1v) is 5.40. The molecular weight excluding hydrogens is 208 g/mol. The van der Waals surface area contributed by atoms with Gasteiger partial charge in [0.15, 0.2) is 17.8 Å². The van der Waals surface area contributed by atoms with Gasteiger partial charge in [-0.1, -0.05) is 19.3 Å². The Morgan fingerprint density at radius 3 is 2.56 bits per heavy atom. The lowest BCUT2D eigenvalue weighted by atomic mass is 9.86. The van der Waals surface area contributed by atoms with Crippen LogP contribution in [0.15, 0.2) is 0 Å². The zero-order valence-electron chi connectivity index (χ0n) is 8.81. The van der Waals surface area contributed by atoms with Crippen molar-refractivity contribution in [2.75, 3.05) is 0 Å². The number of carboxylic acid groups (broad SMARTS) is 1. The van der Waals surface area contributed by atoms with Crippen LogP contribution in [0, 0.1) is 6.33 Å². The van der Waals surface area contributed by atoms with Crippen molar-refractivity contribution >= 4 is 5.97 Å². The van der Waals surface area contributed by atoms with E-state index in [1.54, 1.807) is 0 Å². The molecule has 0 unspecified atom stereocenters. The van der Waals surface area contributed by atoms with Gasteiger partial charge in [-0.25, -0.2) is 14.8 Å². The summed E-state index contributed by atoms with van der Waals surface area (Å²) < 4.78 is 0. The number of hydrogen-bond acceptors (Lipinski definition) is 4. The minimum absolute atomic E-state index is 0.145. The Bertz CT molecular complexity index is 400. The molecule has 1 saturated carbocycles. The zero-order valence-corrected chi connectivity index (χ0v) is 8.81. The van der Waals surface area contributed by atoms with Crippen LogP contribution in [0.3, 0.4) is 0 Å². The molecule has 0 bridgehead atoms. The third-order valence-corrected chi connectivity index (χ3v) is 2.99. The summed E-state index contributed by atoms with van der Waals surface area (Å²) in [6, 6.07) is 0. The molecule has 0 aliphatic heterocycles. The molecule has 0 amide bonds. The summed E-state index contributed by atoms with van der Waals surface area (Å²) in [5.41, 5.74) is 0.0858. The van der Waals surface area contributed by atoms with Gasteiger partial charge in [0.2, 0.25) is 0 Å². The maximum absolute atomic E-state index is 10.8. The summed E-state index contributed by atoms with van der Waals surface area (Å²) in [7, 11) is 0. The van der Waals surface area contributed by atoms with Crippen molar-refractivity contribution in [3.63, 3.8) is 0 Å². The Morgan fingerprint density at radius 2 is 1.94 bits per heavy atom. The van der Waals surface area contributed by atoms with Crippen LogP contribution in [0.25, 0.3) is 0 Å². The molecule has 0 spiro atoms. The predicted octanol–water partition coefficient (Wildman–Crippen LogP) is 1.73. The Hall–Kier alpha value is -1.65. The SMILES string of the molecule is O=C(O)c1n[c]nc(C2CCCCC2)c1O. The lowest BCUT2D eigenvalue weighted by molar-refractivity contribution is 0.0686. The summed E-state index contributed by atoms with van der Waals surface area (Å²) in [5.74, 6) is -1.39. The Kier molecular flexibility index (Phi) is 3.03. The third kappa shape index (κ3) is 1.98. The number of rotatable bonds is 2. The van der Waals surface area contributed by atoms with Crippen molar-refractivity contribution in [3.05, 3.63) is 17.7 Å². The molecule has 5 nitrogen and oxygen atoms in total. The van der Waals surface area contributed by atoms with Crippen LogP contribution in [0.2, 0.25) is 0 Å². The number of aromatic hydroxyl groups is 1. The standard InChI is InChI=1S/C11H13N2O3/c14-10-8(7-4-2-1-3-5-7)12-6-13-9(10)11(15)16/h7,14H,1-5H2,(H,15,16). The Morgan fingerprint density at radius 1 is 1.25 bits per heavy atom. The van der Waals surface area contributed by atoms with Gasteiger partial charge in [-0.05, 0) is 12.8 Å². The van der Waals surface area contributed by atoms with Gasteiger partial charge in [0.05, 0.1) is 5.69 Å². The van der Waals surface area contributed by atoms with E-state index in [2.05, 4.69) is 16.3 Å². The number of aromatic carboxylic acids is 1. The summed E-state index contributed by atoms with van der Waals surface area (Å²) >= 11 is 0. The van der Waals surface area contributed by atoms with E-state index in [-0.39, 0.29) is 17.4 Å². The molecule has 1 heterocycles. The molecule has 2 rings (SSSR count). The quantitative estimate of drug-likeness (QED) is 0.794. The van der Waals surface area contributed by atoms with E-state index in [0.29, 0.717) is 5.69 Å². The van der Waals surface area contributed by atoms with Gasteiger partial charge in [0, 0.05) is 5.92 Å². The van der Waals surface area contributed by atoms with E-state index in [9.17, 15) is 9.90 Å². The average molecular weight is 221 g/mol. The Balaban J connectivity index is 2.33. The highest BCUT2D eigenvalue weighted by Crippen LogP contribution is 2.36. The highest BCUT2D eigenvalue weighted by Gasteiger charge is 2.24. The summed E-state index contributed by atoms with van der Waals surface area (Å²) in [4.78, 5) is 18.1. The number of carboxylic acids is 1. The molecule has 1 aromatic rings. The number of hydrogen-bond donors (Lipinski definition) is 2. The first-order valence-electron chi connectivity index (χ1n) is 5.40. The van der Waals surface area contributed by atoms with Gasteiger partial charge in [0.1, 0.15) is 0 Å². The lowest BCUT2D eigenvalue weighted by Gasteiger charge is -2.21. The molecule has 1 aliphatic carbocycles. The normalized spacial score (nSPS) is 17.2. The molecule has 1 fully saturated rings. The smallest absolute Gasteiger partial charge is 0.358 e. The summed E-state index contributed by atoms with van der Waals surface area (Å²) in [6.07, 6.45) is 7.57. The molecular formula is C11H13N2O3. The maximum Gasteiger partial charge on any atom is 0.358 e. The van der Waals surface area contributed by atoms with E-state index in [1.807, 2.05) is 0 Å². The van der Waals surface area contributed by atoms with Crippen LogP contribution < -0.4 is 0 Å². The number of carbonyl (C=O) groups is 1. The van der Waals surface area contributed by atoms with Crippen LogP contribution >= 0.6 is 0 Å². The van der Waals surface area contributed by atoms with Gasteiger partial charge < -0.3 is 10.2 Å². The molecule has 0 saturated heterocycles. The fourth-order valence-corrected chi connectivity index (χ4v) is 2.17. The Labute approximate surface area is 93.2 Å². The van der Waals surface area contributed by atoms with Crippen molar-refractivity contribution in [2.24, 2.45) is 0 Å². The summed E-state index contributed by atoms with van der Waals surface area (Å²) in [5, 5.41) is 18.6. The van der Waals surface area contributed by atoms with Crippen LogP contribution in [-0.4, -0.2) is 26.2 Å². The second-order valence-corrected chi connectivity index (χ2v) is 4.05. The predicted molar refractivity (Wildman–Crippen MR) is 55.3 cm³/mol. The molecule has 1 aliphatic rings. The maximum atomic E-state index is 10.8. The van der Waals surface area contributed by atoms with E-state index in [0.717, 1.165) is 25.7 Å². The zero-order chi connectivity index (χ0) is 11.5. The van der Waals surface area contributed by atoms with Gasteiger partial charge >= 0.3 is 5.97 Å². The van der Waals surface area contributed by atoms with Crippen LogP contribution in [0.4, 0.5) is 0 Å². The highest BCUT2D eigenvalue weighted by molar-refractivity contribution is 5.88. The third-order valence-electron chi connectivity index (χ3n) is 2.99. The molecule has 0 atom stereocenters. The van der Waals surface area contributed by atoms with Gasteiger partial charge in [0.25, 0.3) is 0 Å². The highest BCUT2D eigenvalue weighted by atomic mass is 16.4. The van der Waals surface area contributed by atoms with Crippen LogP contribution in [0.1, 0.15) is 54.2 Å². The molecule has 5 heteroatoms. The molecule has 0 aromatic carbocycles. The van der Waals surface area contributed by atoms with Crippen molar-refractivity contribution in [3.8, 4) is 5.75 Å². The number of aromatic nitrogens is 2.